The van der Waals surface area contributed by atoms with Crippen LogP contribution in [0.1, 0.15) is 12.5 Å². The van der Waals surface area contributed by atoms with E-state index in [1.807, 2.05) is 0 Å². The first kappa shape index (κ1) is 15.9. The van der Waals surface area contributed by atoms with Crippen LogP contribution in [-0.2, 0) is 6.42 Å². The summed E-state index contributed by atoms with van der Waals surface area (Å²) >= 11 is 0. The third-order valence-electron chi connectivity index (χ3n) is 5.36. The third-order valence-corrected chi connectivity index (χ3v) is 5.36. The fraction of sp³-hybridized carbons (Fsp3) is 0.0769. The largest absolute Gasteiger partial charge is 0.309 e. The Hall–Kier alpha value is -3.32. The van der Waals surface area contributed by atoms with Crippen LogP contribution in [0.5, 0.6) is 0 Å². The standard InChI is InChI=1S/C26H21N/c1-2-19-13-15-25-23(17-19)24-18-21(20-9-5-3-6-10-20)14-16-26(24)27(25)22-11-7-4-8-12-22/h3-18H,2H2,1H3. The molecule has 0 atom stereocenters. The van der Waals surface area contributed by atoms with Gasteiger partial charge in [0.1, 0.15) is 0 Å². The van der Waals surface area contributed by atoms with Crippen molar-refractivity contribution in [2.75, 3.05) is 0 Å². The van der Waals surface area contributed by atoms with Gasteiger partial charge in [0.05, 0.1) is 11.0 Å². The molecule has 0 radical (unpaired) electrons. The molecule has 1 nitrogen and oxygen atoms in total. The molecule has 1 aromatic heterocycles. The summed E-state index contributed by atoms with van der Waals surface area (Å²) in [6.07, 6.45) is 1.05. The van der Waals surface area contributed by atoms with Crippen molar-refractivity contribution in [2.24, 2.45) is 0 Å². The number of hydrogen-bond donors (Lipinski definition) is 0. The van der Waals surface area contributed by atoms with Gasteiger partial charge in [-0.05, 0) is 59.5 Å². The van der Waals surface area contributed by atoms with E-state index in [4.69, 9.17) is 0 Å². The van der Waals surface area contributed by atoms with Gasteiger partial charge in [-0.15, -0.1) is 0 Å². The highest BCUT2D eigenvalue weighted by atomic mass is 15.0. The Balaban J connectivity index is 1.86. The molecule has 0 N–H and O–H groups in total. The summed E-state index contributed by atoms with van der Waals surface area (Å²) in [6, 6.07) is 34.9. The SMILES string of the molecule is CCc1ccc2c(c1)c1cc(-c3ccccc3)ccc1n2-c1ccccc1. The highest BCUT2D eigenvalue weighted by Gasteiger charge is 2.13. The molecular weight excluding hydrogens is 326 g/mol. The molecule has 5 rings (SSSR count). The summed E-state index contributed by atoms with van der Waals surface area (Å²) in [5, 5.41) is 2.64. The molecule has 0 unspecified atom stereocenters. The zero-order valence-electron chi connectivity index (χ0n) is 15.4. The van der Waals surface area contributed by atoms with E-state index in [1.165, 1.54) is 44.2 Å². The summed E-state index contributed by atoms with van der Waals surface area (Å²) < 4.78 is 2.37. The first-order chi connectivity index (χ1) is 13.3. The molecule has 1 heterocycles. The second kappa shape index (κ2) is 6.44. The Morgan fingerprint density at radius 3 is 1.93 bits per heavy atom. The van der Waals surface area contributed by atoms with Crippen molar-refractivity contribution in [1.82, 2.24) is 4.57 Å². The first-order valence-corrected chi connectivity index (χ1v) is 9.53. The van der Waals surface area contributed by atoms with E-state index in [1.54, 1.807) is 0 Å². The van der Waals surface area contributed by atoms with Gasteiger partial charge in [-0.2, -0.15) is 0 Å². The lowest BCUT2D eigenvalue weighted by molar-refractivity contribution is 1.14. The van der Waals surface area contributed by atoms with E-state index in [0.717, 1.165) is 6.42 Å². The van der Waals surface area contributed by atoms with Crippen LogP contribution in [0.3, 0.4) is 0 Å². The fourth-order valence-electron chi connectivity index (χ4n) is 3.96. The molecule has 5 aromatic rings. The monoisotopic (exact) mass is 347 g/mol. The van der Waals surface area contributed by atoms with Gasteiger partial charge in [0, 0.05) is 16.5 Å². The molecule has 0 fully saturated rings. The Bertz CT molecular complexity index is 1230. The summed E-state index contributed by atoms with van der Waals surface area (Å²) in [5.74, 6) is 0. The van der Waals surface area contributed by atoms with Crippen LogP contribution in [0.25, 0.3) is 38.6 Å². The maximum Gasteiger partial charge on any atom is 0.0541 e. The van der Waals surface area contributed by atoms with Crippen LogP contribution in [0.4, 0.5) is 0 Å². The van der Waals surface area contributed by atoms with E-state index >= 15 is 0 Å². The van der Waals surface area contributed by atoms with Crippen LogP contribution in [0, 0.1) is 0 Å². The van der Waals surface area contributed by atoms with Crippen molar-refractivity contribution < 1.29 is 0 Å². The second-order valence-corrected chi connectivity index (χ2v) is 6.97. The number of fused-ring (bicyclic) bond motifs is 3. The van der Waals surface area contributed by atoms with E-state index in [9.17, 15) is 0 Å². The lowest BCUT2D eigenvalue weighted by Crippen LogP contribution is -1.93. The van der Waals surface area contributed by atoms with Crippen molar-refractivity contribution >= 4 is 21.8 Å². The molecule has 0 aliphatic heterocycles. The van der Waals surface area contributed by atoms with E-state index in [-0.39, 0.29) is 0 Å². The van der Waals surface area contributed by atoms with Gasteiger partial charge in [-0.1, -0.05) is 67.6 Å². The quantitative estimate of drug-likeness (QED) is 0.331. The molecule has 4 aromatic carbocycles. The van der Waals surface area contributed by atoms with Gasteiger partial charge < -0.3 is 4.57 Å². The Morgan fingerprint density at radius 2 is 1.22 bits per heavy atom. The van der Waals surface area contributed by atoms with Crippen LogP contribution in [0.15, 0.2) is 97.1 Å². The predicted molar refractivity (Wildman–Crippen MR) is 116 cm³/mol. The number of para-hydroxylation sites is 1. The van der Waals surface area contributed by atoms with Gasteiger partial charge in [-0.25, -0.2) is 0 Å². The minimum absolute atomic E-state index is 1.05. The Morgan fingerprint density at radius 1 is 0.593 bits per heavy atom. The number of aryl methyl sites for hydroxylation is 1. The number of aromatic nitrogens is 1. The van der Waals surface area contributed by atoms with Gasteiger partial charge in [-0.3, -0.25) is 0 Å². The van der Waals surface area contributed by atoms with Gasteiger partial charge >= 0.3 is 0 Å². The Kier molecular flexibility index (Phi) is 3.79. The van der Waals surface area contributed by atoms with Gasteiger partial charge in [0.25, 0.3) is 0 Å². The molecule has 130 valence electrons. The summed E-state index contributed by atoms with van der Waals surface area (Å²) in [7, 11) is 0. The van der Waals surface area contributed by atoms with Crippen molar-refractivity contribution in [2.45, 2.75) is 13.3 Å². The molecule has 0 bridgehead atoms. The summed E-state index contributed by atoms with van der Waals surface area (Å²) in [4.78, 5) is 0. The molecule has 1 heteroatoms. The van der Waals surface area contributed by atoms with E-state index < -0.39 is 0 Å². The molecular formula is C26H21N. The average Bonchev–Trinajstić information content (AvgIpc) is 3.08. The minimum Gasteiger partial charge on any atom is -0.309 e. The van der Waals surface area contributed by atoms with Gasteiger partial charge in [0.15, 0.2) is 0 Å². The van der Waals surface area contributed by atoms with Crippen LogP contribution in [0.2, 0.25) is 0 Å². The number of nitrogens with zero attached hydrogens (tertiary/aromatic N) is 1. The Labute approximate surface area is 159 Å². The highest BCUT2D eigenvalue weighted by molar-refractivity contribution is 6.10. The number of benzene rings is 4. The van der Waals surface area contributed by atoms with E-state index in [2.05, 4.69) is 109 Å². The lowest BCUT2D eigenvalue weighted by atomic mass is 10.0. The summed E-state index contributed by atoms with van der Waals surface area (Å²) in [5.41, 5.74) is 7.61. The highest BCUT2D eigenvalue weighted by Crippen LogP contribution is 2.35. The molecule has 0 spiro atoms. The van der Waals surface area contributed by atoms with Crippen LogP contribution < -0.4 is 0 Å². The van der Waals surface area contributed by atoms with Crippen LogP contribution in [-0.4, -0.2) is 4.57 Å². The van der Waals surface area contributed by atoms with Gasteiger partial charge in [0.2, 0.25) is 0 Å². The predicted octanol–water partition coefficient (Wildman–Crippen LogP) is 7.01. The molecule has 0 saturated carbocycles. The molecule has 0 saturated heterocycles. The number of rotatable bonds is 3. The maximum atomic E-state index is 2.37. The topological polar surface area (TPSA) is 4.93 Å². The minimum atomic E-state index is 1.05. The molecule has 0 aliphatic carbocycles. The van der Waals surface area contributed by atoms with Crippen molar-refractivity contribution in [3.8, 4) is 16.8 Å². The second-order valence-electron chi connectivity index (χ2n) is 6.97. The summed E-state index contributed by atoms with van der Waals surface area (Å²) in [6.45, 7) is 2.22. The maximum absolute atomic E-state index is 2.37. The fourth-order valence-corrected chi connectivity index (χ4v) is 3.96. The van der Waals surface area contributed by atoms with Crippen molar-refractivity contribution in [3.05, 3.63) is 103 Å². The zero-order valence-corrected chi connectivity index (χ0v) is 15.4. The smallest absolute Gasteiger partial charge is 0.0541 e. The average molecular weight is 347 g/mol. The zero-order chi connectivity index (χ0) is 18.2. The third kappa shape index (κ3) is 2.63. The van der Waals surface area contributed by atoms with Crippen molar-refractivity contribution in [1.29, 1.82) is 0 Å². The lowest BCUT2D eigenvalue weighted by Gasteiger charge is -2.08. The molecule has 0 aliphatic rings. The van der Waals surface area contributed by atoms with E-state index in [0.29, 0.717) is 0 Å². The number of hydrogen-bond acceptors (Lipinski definition) is 0. The first-order valence-electron chi connectivity index (χ1n) is 9.53. The normalized spacial score (nSPS) is 11.3. The molecule has 27 heavy (non-hydrogen) atoms. The van der Waals surface area contributed by atoms with Crippen LogP contribution >= 0.6 is 0 Å². The van der Waals surface area contributed by atoms with Crippen molar-refractivity contribution in [3.63, 3.8) is 0 Å². The molecule has 0 amide bonds.